The van der Waals surface area contributed by atoms with Gasteiger partial charge in [0.2, 0.25) is 0 Å². The predicted molar refractivity (Wildman–Crippen MR) is 68.9 cm³/mol. The molecule has 0 aromatic carbocycles. The lowest BCUT2D eigenvalue weighted by atomic mass is 9.80. The first kappa shape index (κ1) is 16.4. The molecule has 102 valence electrons. The van der Waals surface area contributed by atoms with Gasteiger partial charge in [0, 0.05) is 19.8 Å². The van der Waals surface area contributed by atoms with Crippen LogP contribution in [-0.2, 0) is 9.53 Å². The maximum atomic E-state index is 11.3. The smallest absolute Gasteiger partial charge is 0.311 e. The summed E-state index contributed by atoms with van der Waals surface area (Å²) in [7, 11) is 0. The Kier molecular flexibility index (Phi) is 8.17. The van der Waals surface area contributed by atoms with Crippen LogP contribution >= 0.6 is 0 Å². The summed E-state index contributed by atoms with van der Waals surface area (Å²) in [6.45, 7) is 7.63. The van der Waals surface area contributed by atoms with Crippen LogP contribution < -0.4 is 5.73 Å². The SMILES string of the molecule is CCCC(CN)(CCOCCC(C)C)C(=O)O. The summed E-state index contributed by atoms with van der Waals surface area (Å²) in [5, 5.41) is 9.26. The summed E-state index contributed by atoms with van der Waals surface area (Å²) in [4.78, 5) is 11.3. The Morgan fingerprint density at radius 2 is 2.00 bits per heavy atom. The zero-order valence-corrected chi connectivity index (χ0v) is 11.4. The number of nitrogens with two attached hydrogens (primary N) is 1. The molecule has 0 bridgehead atoms. The molecule has 0 aromatic rings. The molecule has 0 radical (unpaired) electrons. The van der Waals surface area contributed by atoms with Gasteiger partial charge in [0.15, 0.2) is 0 Å². The first-order valence-corrected chi connectivity index (χ1v) is 6.49. The van der Waals surface area contributed by atoms with Crippen LogP contribution in [0, 0.1) is 11.3 Å². The summed E-state index contributed by atoms with van der Waals surface area (Å²) in [6.07, 6.45) is 2.96. The number of aliphatic carboxylic acids is 1. The lowest BCUT2D eigenvalue weighted by molar-refractivity contribution is -0.150. The average Bonchev–Trinajstić information content (AvgIpc) is 2.26. The Morgan fingerprint density at radius 1 is 1.35 bits per heavy atom. The zero-order chi connectivity index (χ0) is 13.3. The molecule has 0 aromatic heterocycles. The normalized spacial score (nSPS) is 14.9. The van der Waals surface area contributed by atoms with Gasteiger partial charge in [-0.1, -0.05) is 27.2 Å². The number of hydrogen-bond donors (Lipinski definition) is 2. The van der Waals surface area contributed by atoms with Gasteiger partial charge in [0.1, 0.15) is 0 Å². The molecular weight excluding hydrogens is 218 g/mol. The maximum absolute atomic E-state index is 11.3. The molecular formula is C13H27NO3. The molecule has 0 rings (SSSR count). The largest absolute Gasteiger partial charge is 0.481 e. The molecule has 3 N–H and O–H groups in total. The zero-order valence-electron chi connectivity index (χ0n) is 11.4. The molecule has 17 heavy (non-hydrogen) atoms. The van der Waals surface area contributed by atoms with Gasteiger partial charge in [-0.3, -0.25) is 4.79 Å². The van der Waals surface area contributed by atoms with Crippen LogP contribution in [0.15, 0.2) is 0 Å². The van der Waals surface area contributed by atoms with E-state index in [1.54, 1.807) is 0 Å². The van der Waals surface area contributed by atoms with Crippen molar-refractivity contribution in [2.24, 2.45) is 17.1 Å². The van der Waals surface area contributed by atoms with E-state index in [9.17, 15) is 9.90 Å². The number of hydrogen-bond acceptors (Lipinski definition) is 3. The van der Waals surface area contributed by atoms with Gasteiger partial charge < -0.3 is 15.6 Å². The van der Waals surface area contributed by atoms with Crippen LogP contribution in [0.25, 0.3) is 0 Å². The second-order valence-corrected chi connectivity index (χ2v) is 5.08. The van der Waals surface area contributed by atoms with Crippen LogP contribution in [0.5, 0.6) is 0 Å². The Labute approximate surface area is 105 Å². The van der Waals surface area contributed by atoms with Gasteiger partial charge >= 0.3 is 5.97 Å². The van der Waals surface area contributed by atoms with Crippen molar-refractivity contribution in [3.05, 3.63) is 0 Å². The lowest BCUT2D eigenvalue weighted by Crippen LogP contribution is -2.39. The minimum atomic E-state index is -0.799. The number of carbonyl (C=O) groups is 1. The maximum Gasteiger partial charge on any atom is 0.311 e. The monoisotopic (exact) mass is 245 g/mol. The highest BCUT2D eigenvalue weighted by atomic mass is 16.5. The number of carboxylic acids is 1. The third-order valence-electron chi connectivity index (χ3n) is 3.14. The fraction of sp³-hybridized carbons (Fsp3) is 0.923. The van der Waals surface area contributed by atoms with Gasteiger partial charge in [-0.25, -0.2) is 0 Å². The van der Waals surface area contributed by atoms with Crippen molar-refractivity contribution in [1.82, 2.24) is 0 Å². The van der Waals surface area contributed by atoms with Crippen molar-refractivity contribution in [1.29, 1.82) is 0 Å². The number of rotatable bonds is 10. The van der Waals surface area contributed by atoms with E-state index in [0.29, 0.717) is 32.0 Å². The summed E-state index contributed by atoms with van der Waals surface area (Å²) in [6, 6.07) is 0. The average molecular weight is 245 g/mol. The van der Waals surface area contributed by atoms with Crippen molar-refractivity contribution >= 4 is 5.97 Å². The number of ether oxygens (including phenoxy) is 1. The summed E-state index contributed by atoms with van der Waals surface area (Å²) < 4.78 is 5.48. The van der Waals surface area contributed by atoms with Crippen molar-refractivity contribution in [2.45, 2.75) is 46.5 Å². The van der Waals surface area contributed by atoms with E-state index in [4.69, 9.17) is 10.5 Å². The van der Waals surface area contributed by atoms with Crippen LogP contribution in [-0.4, -0.2) is 30.8 Å². The second kappa shape index (κ2) is 8.48. The third kappa shape index (κ3) is 6.03. The van der Waals surface area contributed by atoms with E-state index in [2.05, 4.69) is 13.8 Å². The molecule has 0 saturated carbocycles. The van der Waals surface area contributed by atoms with Gasteiger partial charge in [-0.15, -0.1) is 0 Å². The third-order valence-corrected chi connectivity index (χ3v) is 3.14. The topological polar surface area (TPSA) is 72.5 Å². The molecule has 1 unspecified atom stereocenters. The van der Waals surface area contributed by atoms with Crippen LogP contribution in [0.1, 0.15) is 46.5 Å². The summed E-state index contributed by atoms with van der Waals surface area (Å²) in [5.74, 6) is -0.182. The molecule has 0 aliphatic heterocycles. The minimum Gasteiger partial charge on any atom is -0.481 e. The first-order valence-electron chi connectivity index (χ1n) is 6.49. The van der Waals surface area contributed by atoms with E-state index in [1.165, 1.54) is 0 Å². The Balaban J connectivity index is 4.04. The molecule has 0 amide bonds. The van der Waals surface area contributed by atoms with Crippen molar-refractivity contribution in [3.8, 4) is 0 Å². The lowest BCUT2D eigenvalue weighted by Gasteiger charge is -2.27. The molecule has 0 saturated heterocycles. The fourth-order valence-corrected chi connectivity index (χ4v) is 1.80. The Hall–Kier alpha value is -0.610. The molecule has 0 heterocycles. The number of carboxylic acid groups (broad SMARTS) is 1. The van der Waals surface area contributed by atoms with Crippen LogP contribution in [0.4, 0.5) is 0 Å². The van der Waals surface area contributed by atoms with E-state index >= 15 is 0 Å². The highest BCUT2D eigenvalue weighted by Crippen LogP contribution is 2.27. The molecule has 0 aliphatic rings. The molecule has 1 atom stereocenters. The van der Waals surface area contributed by atoms with Crippen molar-refractivity contribution in [2.75, 3.05) is 19.8 Å². The van der Waals surface area contributed by atoms with Crippen molar-refractivity contribution < 1.29 is 14.6 Å². The van der Waals surface area contributed by atoms with E-state index in [1.807, 2.05) is 6.92 Å². The predicted octanol–water partition coefficient (Wildman–Crippen LogP) is 2.27. The van der Waals surface area contributed by atoms with Gasteiger partial charge in [-0.2, -0.15) is 0 Å². The molecule has 4 nitrogen and oxygen atoms in total. The Bertz CT molecular complexity index is 219. The second-order valence-electron chi connectivity index (χ2n) is 5.08. The van der Waals surface area contributed by atoms with E-state index in [-0.39, 0.29) is 6.54 Å². The first-order chi connectivity index (χ1) is 7.98. The van der Waals surface area contributed by atoms with Gasteiger partial charge in [0.05, 0.1) is 5.41 Å². The summed E-state index contributed by atoms with van der Waals surface area (Å²) >= 11 is 0. The summed E-state index contributed by atoms with van der Waals surface area (Å²) in [5.41, 5.74) is 4.82. The van der Waals surface area contributed by atoms with E-state index < -0.39 is 11.4 Å². The molecule has 0 aliphatic carbocycles. The quantitative estimate of drug-likeness (QED) is 0.579. The van der Waals surface area contributed by atoms with Crippen LogP contribution in [0.3, 0.4) is 0 Å². The highest BCUT2D eigenvalue weighted by molar-refractivity contribution is 5.74. The highest BCUT2D eigenvalue weighted by Gasteiger charge is 2.35. The van der Waals surface area contributed by atoms with Crippen molar-refractivity contribution in [3.63, 3.8) is 0 Å². The molecule has 0 fully saturated rings. The minimum absolute atomic E-state index is 0.184. The van der Waals surface area contributed by atoms with Crippen LogP contribution in [0.2, 0.25) is 0 Å². The fourth-order valence-electron chi connectivity index (χ4n) is 1.80. The molecule has 0 spiro atoms. The standard InChI is InChI=1S/C13H27NO3/c1-4-6-13(10-14,12(15)16)7-9-17-8-5-11(2)3/h11H,4-10,14H2,1-3H3,(H,15,16). The van der Waals surface area contributed by atoms with Gasteiger partial charge in [0.25, 0.3) is 0 Å². The Morgan fingerprint density at radius 3 is 2.41 bits per heavy atom. The molecule has 4 heteroatoms. The van der Waals surface area contributed by atoms with E-state index in [0.717, 1.165) is 12.8 Å². The van der Waals surface area contributed by atoms with Gasteiger partial charge in [-0.05, 0) is 25.2 Å².